The molecule has 0 fully saturated rings. The molecule has 1 aromatic rings. The summed E-state index contributed by atoms with van der Waals surface area (Å²) in [6.07, 6.45) is -4.34. The summed E-state index contributed by atoms with van der Waals surface area (Å²) < 4.78 is 36.5. The fourth-order valence-corrected chi connectivity index (χ4v) is 0.931. The van der Waals surface area contributed by atoms with E-state index in [1.807, 2.05) is 27.7 Å². The van der Waals surface area contributed by atoms with Crippen molar-refractivity contribution in [3.8, 4) is 0 Å². The van der Waals surface area contributed by atoms with E-state index in [9.17, 15) is 13.2 Å². The molecule has 0 saturated heterocycles. The van der Waals surface area contributed by atoms with E-state index in [0.29, 0.717) is 5.69 Å². The number of rotatable bonds is 1. The molecule has 0 amide bonds. The standard InChI is InChI=1S/C9H10F3N.C2H6/c1-6(2)7-4-3-5-8(13-7)9(10,11)12;1-2/h3-6H,1-2H3;1-2H3. The average Bonchev–Trinajstić information content (AvgIpc) is 2.20. The number of halogens is 3. The lowest BCUT2D eigenvalue weighted by molar-refractivity contribution is -0.141. The van der Waals surface area contributed by atoms with Gasteiger partial charge in [0.25, 0.3) is 0 Å². The van der Waals surface area contributed by atoms with Crippen LogP contribution in [-0.4, -0.2) is 4.98 Å². The first-order valence-corrected chi connectivity index (χ1v) is 4.95. The van der Waals surface area contributed by atoms with Crippen LogP contribution in [-0.2, 0) is 6.18 Å². The van der Waals surface area contributed by atoms with Crippen LogP contribution >= 0.6 is 0 Å². The van der Waals surface area contributed by atoms with Gasteiger partial charge in [-0.15, -0.1) is 0 Å². The van der Waals surface area contributed by atoms with Crippen LogP contribution in [0.4, 0.5) is 13.2 Å². The summed E-state index contributed by atoms with van der Waals surface area (Å²) >= 11 is 0. The minimum Gasteiger partial charge on any atom is -0.248 e. The molecular formula is C11H16F3N. The molecule has 0 aliphatic heterocycles. The Bertz CT molecular complexity index is 292. The van der Waals surface area contributed by atoms with E-state index in [2.05, 4.69) is 4.98 Å². The molecule has 0 spiro atoms. The molecular weight excluding hydrogens is 203 g/mol. The van der Waals surface area contributed by atoms with Crippen molar-refractivity contribution >= 4 is 0 Å². The van der Waals surface area contributed by atoms with Crippen LogP contribution in [0.1, 0.15) is 45.0 Å². The maximum absolute atomic E-state index is 12.2. The fourth-order valence-electron chi connectivity index (χ4n) is 0.931. The van der Waals surface area contributed by atoms with E-state index < -0.39 is 11.9 Å². The zero-order valence-electron chi connectivity index (χ0n) is 9.39. The van der Waals surface area contributed by atoms with Crippen LogP contribution in [0.25, 0.3) is 0 Å². The van der Waals surface area contributed by atoms with Crippen molar-refractivity contribution in [3.05, 3.63) is 29.6 Å². The normalized spacial score (nSPS) is 10.9. The van der Waals surface area contributed by atoms with Gasteiger partial charge < -0.3 is 0 Å². The van der Waals surface area contributed by atoms with Gasteiger partial charge in [-0.3, -0.25) is 0 Å². The Balaban J connectivity index is 0.000000921. The summed E-state index contributed by atoms with van der Waals surface area (Å²) in [7, 11) is 0. The maximum atomic E-state index is 12.2. The molecule has 0 radical (unpaired) electrons. The second kappa shape index (κ2) is 5.73. The van der Waals surface area contributed by atoms with Gasteiger partial charge in [-0.05, 0) is 18.1 Å². The Morgan fingerprint density at radius 3 is 2.07 bits per heavy atom. The van der Waals surface area contributed by atoms with Crippen LogP contribution in [0.15, 0.2) is 18.2 Å². The summed E-state index contributed by atoms with van der Waals surface area (Å²) in [6, 6.07) is 3.96. The predicted molar refractivity (Wildman–Crippen MR) is 54.7 cm³/mol. The van der Waals surface area contributed by atoms with Gasteiger partial charge in [-0.2, -0.15) is 13.2 Å². The molecule has 0 aromatic carbocycles. The smallest absolute Gasteiger partial charge is 0.248 e. The quantitative estimate of drug-likeness (QED) is 0.688. The van der Waals surface area contributed by atoms with Crippen LogP contribution < -0.4 is 0 Å². The zero-order valence-corrected chi connectivity index (χ0v) is 9.39. The van der Waals surface area contributed by atoms with Crippen molar-refractivity contribution in [3.63, 3.8) is 0 Å². The second-order valence-electron chi connectivity index (χ2n) is 3.10. The molecule has 4 heteroatoms. The third kappa shape index (κ3) is 4.32. The van der Waals surface area contributed by atoms with Crippen molar-refractivity contribution in [2.75, 3.05) is 0 Å². The maximum Gasteiger partial charge on any atom is 0.433 e. The molecule has 86 valence electrons. The molecule has 0 aliphatic rings. The van der Waals surface area contributed by atoms with Crippen molar-refractivity contribution in [1.29, 1.82) is 0 Å². The Morgan fingerprint density at radius 2 is 1.67 bits per heavy atom. The fraction of sp³-hybridized carbons (Fsp3) is 0.545. The van der Waals surface area contributed by atoms with E-state index in [1.54, 1.807) is 6.07 Å². The lowest BCUT2D eigenvalue weighted by atomic mass is 10.1. The predicted octanol–water partition coefficient (Wildman–Crippen LogP) is 4.25. The van der Waals surface area contributed by atoms with Gasteiger partial charge in [0, 0.05) is 5.69 Å². The zero-order chi connectivity index (χ0) is 12.1. The molecule has 1 heterocycles. The highest BCUT2D eigenvalue weighted by Gasteiger charge is 2.32. The van der Waals surface area contributed by atoms with Gasteiger partial charge in [-0.1, -0.05) is 33.8 Å². The largest absolute Gasteiger partial charge is 0.433 e. The minimum atomic E-state index is -4.34. The Kier molecular flexibility index (Phi) is 5.33. The van der Waals surface area contributed by atoms with Crippen molar-refractivity contribution in [2.24, 2.45) is 0 Å². The van der Waals surface area contributed by atoms with Crippen molar-refractivity contribution in [2.45, 2.75) is 39.8 Å². The number of nitrogens with zero attached hydrogens (tertiary/aromatic N) is 1. The van der Waals surface area contributed by atoms with Gasteiger partial charge in [0.1, 0.15) is 5.69 Å². The first-order valence-electron chi connectivity index (χ1n) is 4.95. The summed E-state index contributed by atoms with van der Waals surface area (Å²) in [5.74, 6) is 0.0160. The van der Waals surface area contributed by atoms with E-state index >= 15 is 0 Å². The molecule has 0 unspecified atom stereocenters. The van der Waals surface area contributed by atoms with Crippen molar-refractivity contribution in [1.82, 2.24) is 4.98 Å². The lowest BCUT2D eigenvalue weighted by Gasteiger charge is -2.09. The van der Waals surface area contributed by atoms with E-state index in [0.717, 1.165) is 6.07 Å². The Morgan fingerprint density at radius 1 is 1.13 bits per heavy atom. The number of pyridine rings is 1. The summed E-state index contributed by atoms with van der Waals surface area (Å²) in [4.78, 5) is 3.52. The highest BCUT2D eigenvalue weighted by Crippen LogP contribution is 2.28. The van der Waals surface area contributed by atoms with Crippen LogP contribution in [0.3, 0.4) is 0 Å². The summed E-state index contributed by atoms with van der Waals surface area (Å²) in [5.41, 5.74) is -0.353. The third-order valence-corrected chi connectivity index (χ3v) is 1.65. The molecule has 1 nitrogen and oxygen atoms in total. The van der Waals surface area contributed by atoms with Gasteiger partial charge >= 0.3 is 6.18 Å². The summed E-state index contributed by atoms with van der Waals surface area (Å²) in [6.45, 7) is 7.62. The summed E-state index contributed by atoms with van der Waals surface area (Å²) in [5, 5.41) is 0. The molecule has 1 aromatic heterocycles. The third-order valence-electron chi connectivity index (χ3n) is 1.65. The van der Waals surface area contributed by atoms with E-state index in [1.165, 1.54) is 6.07 Å². The number of aromatic nitrogens is 1. The highest BCUT2D eigenvalue weighted by molar-refractivity contribution is 5.15. The van der Waals surface area contributed by atoms with Gasteiger partial charge in [0.15, 0.2) is 0 Å². The average molecular weight is 219 g/mol. The minimum absolute atomic E-state index is 0.0160. The van der Waals surface area contributed by atoms with E-state index in [-0.39, 0.29) is 5.92 Å². The lowest BCUT2D eigenvalue weighted by Crippen LogP contribution is -2.09. The van der Waals surface area contributed by atoms with Gasteiger partial charge in [-0.25, -0.2) is 4.98 Å². The van der Waals surface area contributed by atoms with Crippen LogP contribution in [0, 0.1) is 0 Å². The number of hydrogen-bond donors (Lipinski definition) is 0. The molecule has 1 rings (SSSR count). The molecule has 0 N–H and O–H groups in total. The van der Waals surface area contributed by atoms with Gasteiger partial charge in [0.2, 0.25) is 0 Å². The SMILES string of the molecule is CC.CC(C)c1cccc(C(F)(F)F)n1. The van der Waals surface area contributed by atoms with Gasteiger partial charge in [0.05, 0.1) is 0 Å². The number of alkyl halides is 3. The topological polar surface area (TPSA) is 12.9 Å². The highest BCUT2D eigenvalue weighted by atomic mass is 19.4. The molecule has 0 bridgehead atoms. The molecule has 0 aliphatic carbocycles. The second-order valence-corrected chi connectivity index (χ2v) is 3.10. The van der Waals surface area contributed by atoms with Crippen LogP contribution in [0.2, 0.25) is 0 Å². The Labute approximate surface area is 88.3 Å². The Hall–Kier alpha value is -1.06. The number of hydrogen-bond acceptors (Lipinski definition) is 1. The first kappa shape index (κ1) is 13.9. The van der Waals surface area contributed by atoms with E-state index in [4.69, 9.17) is 0 Å². The van der Waals surface area contributed by atoms with Crippen LogP contribution in [0.5, 0.6) is 0 Å². The first-order chi connectivity index (χ1) is 6.91. The molecule has 15 heavy (non-hydrogen) atoms. The van der Waals surface area contributed by atoms with Crippen molar-refractivity contribution < 1.29 is 13.2 Å². The molecule has 0 atom stereocenters. The monoisotopic (exact) mass is 219 g/mol. The molecule has 0 saturated carbocycles.